The number of H-pyrrole nitrogens is 1. The van der Waals surface area contributed by atoms with Crippen LogP contribution in [0.25, 0.3) is 16.7 Å². The van der Waals surface area contributed by atoms with E-state index in [1.807, 2.05) is 9.58 Å². The van der Waals surface area contributed by atoms with Crippen LogP contribution < -0.4 is 5.69 Å². The molecule has 1 atom stereocenters. The lowest BCUT2D eigenvalue weighted by Crippen LogP contribution is -2.45. The molecule has 1 N–H and O–H groups in total. The Labute approximate surface area is 225 Å². The predicted molar refractivity (Wildman–Crippen MR) is 147 cm³/mol. The lowest BCUT2D eigenvalue weighted by Gasteiger charge is -2.38. The van der Waals surface area contributed by atoms with Crippen molar-refractivity contribution in [3.63, 3.8) is 0 Å². The third-order valence-electron chi connectivity index (χ3n) is 8.49. The summed E-state index contributed by atoms with van der Waals surface area (Å²) >= 11 is 0. The van der Waals surface area contributed by atoms with Gasteiger partial charge in [-0.3, -0.25) is 14.2 Å². The highest BCUT2D eigenvalue weighted by atomic mass is 16.2. The van der Waals surface area contributed by atoms with Gasteiger partial charge in [0, 0.05) is 50.7 Å². The number of amides is 2. The molecule has 39 heavy (non-hydrogen) atoms. The number of rotatable bonds is 4. The molecule has 4 heterocycles. The Hall–Kier alpha value is -4.40. The molecule has 7 rings (SSSR count). The smallest absolute Gasteiger partial charge is 0.326 e. The molecule has 1 aliphatic carbocycles. The average molecular weight is 523 g/mol. The van der Waals surface area contributed by atoms with E-state index >= 15 is 0 Å². The summed E-state index contributed by atoms with van der Waals surface area (Å²) in [6, 6.07) is 13.7. The number of aromatic nitrogens is 4. The third kappa shape index (κ3) is 3.83. The van der Waals surface area contributed by atoms with Gasteiger partial charge in [0.05, 0.1) is 34.2 Å². The van der Waals surface area contributed by atoms with Crippen LogP contribution in [0.4, 0.5) is 0 Å². The quantitative estimate of drug-likeness (QED) is 0.416. The Bertz CT molecular complexity index is 1700. The zero-order chi connectivity index (χ0) is 26.8. The summed E-state index contributed by atoms with van der Waals surface area (Å²) in [7, 11) is 1.70. The second kappa shape index (κ2) is 8.83. The summed E-state index contributed by atoms with van der Waals surface area (Å²) in [4.78, 5) is 45.2. The Morgan fingerprint density at radius 3 is 2.62 bits per heavy atom. The molecule has 0 bridgehead atoms. The zero-order valence-corrected chi connectivity index (χ0v) is 21.9. The summed E-state index contributed by atoms with van der Waals surface area (Å²) in [6.07, 6.45) is 5.14. The molecular weight excluding hydrogens is 492 g/mol. The molecule has 0 radical (unpaired) electrons. The van der Waals surface area contributed by atoms with Crippen LogP contribution >= 0.6 is 0 Å². The topological polar surface area (TPSA) is 96.2 Å². The fourth-order valence-corrected chi connectivity index (χ4v) is 6.22. The van der Waals surface area contributed by atoms with Crippen LogP contribution in [0.3, 0.4) is 0 Å². The number of benzene rings is 2. The SMILES string of the molecule is C=CC(=O)N1CCc2nn(-c3ccc(C4CC4)cc3)c3c2C(C1)N(C(=O)c1ccc2c(c1)[nH]c(=O)n2C)CC3. The van der Waals surface area contributed by atoms with Crippen molar-refractivity contribution in [3.8, 4) is 5.69 Å². The summed E-state index contributed by atoms with van der Waals surface area (Å²) in [6.45, 7) is 5.08. The first-order valence-corrected chi connectivity index (χ1v) is 13.5. The highest BCUT2D eigenvalue weighted by molar-refractivity contribution is 5.98. The van der Waals surface area contributed by atoms with Gasteiger partial charge in [-0.25, -0.2) is 9.48 Å². The number of imidazole rings is 1. The maximum atomic E-state index is 14.0. The summed E-state index contributed by atoms with van der Waals surface area (Å²) in [5.74, 6) is 0.418. The molecule has 0 saturated heterocycles. The maximum Gasteiger partial charge on any atom is 0.326 e. The van der Waals surface area contributed by atoms with Crippen LogP contribution in [0, 0.1) is 0 Å². The number of hydrogen-bond acceptors (Lipinski definition) is 4. The molecular formula is C30H30N6O3. The average Bonchev–Trinajstić information content (AvgIpc) is 3.72. The number of carbonyl (C=O) groups excluding carboxylic acids is 2. The van der Waals surface area contributed by atoms with E-state index in [0.717, 1.165) is 28.2 Å². The number of nitrogens with zero attached hydrogens (tertiary/aromatic N) is 5. The molecule has 2 aromatic heterocycles. The van der Waals surface area contributed by atoms with Gasteiger partial charge in [0.2, 0.25) is 5.91 Å². The van der Waals surface area contributed by atoms with Crippen molar-refractivity contribution in [2.24, 2.45) is 7.05 Å². The van der Waals surface area contributed by atoms with Crippen molar-refractivity contribution in [2.45, 2.75) is 37.6 Å². The van der Waals surface area contributed by atoms with Gasteiger partial charge in [0.15, 0.2) is 0 Å². The van der Waals surface area contributed by atoms with E-state index in [1.54, 1.807) is 30.1 Å². The number of hydrogen-bond donors (Lipinski definition) is 1. The second-order valence-electron chi connectivity index (χ2n) is 10.8. The van der Waals surface area contributed by atoms with Gasteiger partial charge in [-0.05, 0) is 60.7 Å². The molecule has 2 aromatic carbocycles. The van der Waals surface area contributed by atoms with Gasteiger partial charge in [0.25, 0.3) is 5.91 Å². The minimum absolute atomic E-state index is 0.127. The van der Waals surface area contributed by atoms with Gasteiger partial charge in [-0.2, -0.15) is 5.10 Å². The van der Waals surface area contributed by atoms with Gasteiger partial charge in [0.1, 0.15) is 0 Å². The molecule has 2 aliphatic heterocycles. The molecule has 1 fully saturated rings. The van der Waals surface area contributed by atoms with Crippen molar-refractivity contribution in [3.05, 3.63) is 93.7 Å². The Morgan fingerprint density at radius 2 is 1.87 bits per heavy atom. The highest BCUT2D eigenvalue weighted by Crippen LogP contribution is 2.41. The van der Waals surface area contributed by atoms with E-state index in [1.165, 1.54) is 29.0 Å². The molecule has 2 amide bonds. The van der Waals surface area contributed by atoms with Gasteiger partial charge < -0.3 is 14.8 Å². The molecule has 198 valence electrons. The first kappa shape index (κ1) is 23.7. The lowest BCUT2D eigenvalue weighted by molar-refractivity contribution is -0.126. The summed E-state index contributed by atoms with van der Waals surface area (Å²) in [5.41, 5.74) is 7.14. The fourth-order valence-electron chi connectivity index (χ4n) is 6.22. The summed E-state index contributed by atoms with van der Waals surface area (Å²) < 4.78 is 3.57. The van der Waals surface area contributed by atoms with E-state index in [2.05, 4.69) is 35.8 Å². The van der Waals surface area contributed by atoms with E-state index in [0.29, 0.717) is 49.5 Å². The van der Waals surface area contributed by atoms with Crippen molar-refractivity contribution >= 4 is 22.8 Å². The first-order valence-electron chi connectivity index (χ1n) is 13.5. The third-order valence-corrected chi connectivity index (χ3v) is 8.49. The highest BCUT2D eigenvalue weighted by Gasteiger charge is 2.40. The number of fused-ring (bicyclic) bond motifs is 1. The largest absolute Gasteiger partial charge is 0.336 e. The van der Waals surface area contributed by atoms with Gasteiger partial charge in [-0.1, -0.05) is 18.7 Å². The van der Waals surface area contributed by atoms with Crippen LogP contribution in [0.5, 0.6) is 0 Å². The molecule has 9 heteroatoms. The Kier molecular flexibility index (Phi) is 5.36. The first-order chi connectivity index (χ1) is 18.9. The van der Waals surface area contributed by atoms with Crippen molar-refractivity contribution in [2.75, 3.05) is 19.6 Å². The van der Waals surface area contributed by atoms with Crippen LogP contribution in [0.2, 0.25) is 0 Å². The molecule has 1 unspecified atom stereocenters. The minimum Gasteiger partial charge on any atom is -0.336 e. The van der Waals surface area contributed by atoms with Crippen LogP contribution in [0.15, 0.2) is 59.9 Å². The number of aryl methyl sites for hydroxylation is 1. The molecule has 9 nitrogen and oxygen atoms in total. The molecule has 4 aromatic rings. The second-order valence-corrected chi connectivity index (χ2v) is 10.8. The van der Waals surface area contributed by atoms with Crippen molar-refractivity contribution in [1.82, 2.24) is 29.1 Å². The van der Waals surface area contributed by atoms with Crippen LogP contribution in [-0.4, -0.2) is 60.6 Å². The standard InChI is InChI=1S/C30H30N6O3/c1-3-27(37)34-14-12-22-28-25(36(32-22)21-9-6-19(7-10-21)18-4-5-18)13-15-35(26(28)17-34)29(38)20-8-11-24-23(16-20)31-30(39)33(24)2/h3,6-11,16,18,26H,1,4-5,12-15,17H2,2H3,(H,31,39). The fraction of sp³-hybridized carbons (Fsp3) is 0.333. The monoisotopic (exact) mass is 522 g/mol. The van der Waals surface area contributed by atoms with Crippen molar-refractivity contribution in [1.29, 1.82) is 0 Å². The predicted octanol–water partition coefficient (Wildman–Crippen LogP) is 3.24. The number of aromatic amines is 1. The Morgan fingerprint density at radius 1 is 1.08 bits per heavy atom. The molecule has 3 aliphatic rings. The summed E-state index contributed by atoms with van der Waals surface area (Å²) in [5, 5.41) is 5.04. The zero-order valence-electron chi connectivity index (χ0n) is 21.9. The van der Waals surface area contributed by atoms with Crippen molar-refractivity contribution < 1.29 is 9.59 Å². The number of nitrogens with one attached hydrogen (secondary N) is 1. The van der Waals surface area contributed by atoms with E-state index in [-0.39, 0.29) is 23.5 Å². The van der Waals surface area contributed by atoms with Crippen LogP contribution in [0.1, 0.15) is 57.7 Å². The molecule has 1 saturated carbocycles. The molecule has 0 spiro atoms. The maximum absolute atomic E-state index is 14.0. The van der Waals surface area contributed by atoms with Gasteiger partial charge >= 0.3 is 5.69 Å². The normalized spacial score (nSPS) is 18.6. The number of carbonyl (C=O) groups is 2. The van der Waals surface area contributed by atoms with E-state index < -0.39 is 0 Å². The van der Waals surface area contributed by atoms with Crippen LogP contribution in [-0.2, 0) is 24.7 Å². The van der Waals surface area contributed by atoms with Gasteiger partial charge in [-0.15, -0.1) is 0 Å². The minimum atomic E-state index is -0.326. The van der Waals surface area contributed by atoms with E-state index in [9.17, 15) is 14.4 Å². The van der Waals surface area contributed by atoms with E-state index in [4.69, 9.17) is 5.10 Å². The Balaban J connectivity index is 1.29. The lowest BCUT2D eigenvalue weighted by atomic mass is 9.94.